The Morgan fingerprint density at radius 1 is 0.971 bits per heavy atom. The van der Waals surface area contributed by atoms with Crippen molar-refractivity contribution in [1.82, 2.24) is 10.3 Å². The van der Waals surface area contributed by atoms with E-state index in [1.807, 2.05) is 69.3 Å². The van der Waals surface area contributed by atoms with Gasteiger partial charge in [-0.15, -0.1) is 0 Å². The minimum Gasteiger partial charge on any atom is -0.493 e. The highest BCUT2D eigenvalue weighted by atomic mass is 16.5. The average Bonchev–Trinajstić information content (AvgIpc) is 3.23. The first-order valence-corrected chi connectivity index (χ1v) is 12.0. The van der Waals surface area contributed by atoms with Crippen LogP contribution in [0.4, 0.5) is 0 Å². The van der Waals surface area contributed by atoms with Crippen LogP contribution in [0.15, 0.2) is 77.2 Å². The van der Waals surface area contributed by atoms with Crippen molar-refractivity contribution >= 4 is 5.91 Å². The zero-order valence-electron chi connectivity index (χ0n) is 20.5. The normalized spacial score (nSPS) is 11.0. The molecule has 0 aliphatic rings. The zero-order valence-corrected chi connectivity index (χ0v) is 20.5. The van der Waals surface area contributed by atoms with E-state index in [1.54, 1.807) is 0 Å². The first-order chi connectivity index (χ1) is 17.0. The molecule has 3 aromatic carbocycles. The fourth-order valence-electron chi connectivity index (χ4n) is 3.79. The third kappa shape index (κ3) is 6.82. The minimum atomic E-state index is 0.0479. The van der Waals surface area contributed by atoms with Gasteiger partial charge in [-0.2, -0.15) is 0 Å². The fourth-order valence-corrected chi connectivity index (χ4v) is 3.79. The maximum Gasteiger partial charge on any atom is 0.226 e. The highest BCUT2D eigenvalue weighted by molar-refractivity contribution is 5.76. The Labute approximate surface area is 207 Å². The molecule has 1 aromatic heterocycles. The van der Waals surface area contributed by atoms with E-state index in [1.165, 1.54) is 5.56 Å². The van der Waals surface area contributed by atoms with Gasteiger partial charge >= 0.3 is 0 Å². The largest absolute Gasteiger partial charge is 0.493 e. The standard InChI is InChI=1S/C30H31N2O3/c1-21(2)18-29(33)31-20-23-8-7-11-27(19-23)34-17-16-28-22(3)35-30(32-28)26-14-12-25(13-15-26)24-9-5-4-6-10-24/h4-15,21H,16-18,20H2,1-3H3,(H,31,33). The number of nitrogens with zero attached hydrogens (tertiary/aromatic N) is 1. The highest BCUT2D eigenvalue weighted by Gasteiger charge is 2.12. The average molecular weight is 468 g/mol. The number of carbonyl (C=O) groups excluding carboxylic acids is 1. The number of rotatable bonds is 10. The Morgan fingerprint density at radius 3 is 2.43 bits per heavy atom. The summed E-state index contributed by atoms with van der Waals surface area (Å²) < 4.78 is 11.8. The summed E-state index contributed by atoms with van der Waals surface area (Å²) in [5.41, 5.74) is 5.05. The molecule has 0 atom stereocenters. The van der Waals surface area contributed by atoms with Crippen molar-refractivity contribution in [3.8, 4) is 28.3 Å². The topological polar surface area (TPSA) is 64.4 Å². The number of oxazole rings is 1. The van der Waals surface area contributed by atoms with E-state index in [0.29, 0.717) is 43.6 Å². The molecular formula is C30H31N2O3. The molecule has 0 bridgehead atoms. The summed E-state index contributed by atoms with van der Waals surface area (Å²) in [6.45, 7) is 6.89. The van der Waals surface area contributed by atoms with Crippen LogP contribution in [0.1, 0.15) is 37.3 Å². The van der Waals surface area contributed by atoms with Gasteiger partial charge in [0, 0.05) is 31.0 Å². The lowest BCUT2D eigenvalue weighted by Crippen LogP contribution is -2.23. The van der Waals surface area contributed by atoms with Crippen LogP contribution in [0.3, 0.4) is 0 Å². The van der Waals surface area contributed by atoms with Gasteiger partial charge in [-0.05, 0) is 47.7 Å². The molecule has 1 radical (unpaired) electrons. The lowest BCUT2D eigenvalue weighted by atomic mass is 10.0. The number of aromatic nitrogens is 1. The Hall–Kier alpha value is -3.86. The maximum atomic E-state index is 11.9. The first-order valence-electron chi connectivity index (χ1n) is 12.0. The molecule has 1 N–H and O–H groups in total. The van der Waals surface area contributed by atoms with Crippen LogP contribution < -0.4 is 10.1 Å². The van der Waals surface area contributed by atoms with Crippen LogP contribution in [-0.2, 0) is 17.8 Å². The van der Waals surface area contributed by atoms with Crippen LogP contribution in [0, 0.1) is 18.9 Å². The Balaban J connectivity index is 1.32. The second-order valence-corrected chi connectivity index (χ2v) is 8.98. The molecule has 5 nitrogen and oxygen atoms in total. The molecule has 0 spiro atoms. The smallest absolute Gasteiger partial charge is 0.226 e. The number of carbonyl (C=O) groups is 1. The number of aryl methyl sites for hydroxylation is 1. The second kappa shape index (κ2) is 11.5. The van der Waals surface area contributed by atoms with E-state index in [2.05, 4.69) is 35.6 Å². The summed E-state index contributed by atoms with van der Waals surface area (Å²) >= 11 is 0. The predicted octanol–water partition coefficient (Wildman–Crippen LogP) is 6.40. The Bertz CT molecular complexity index is 1240. The lowest BCUT2D eigenvalue weighted by molar-refractivity contribution is -0.121. The molecule has 0 aliphatic carbocycles. The van der Waals surface area contributed by atoms with Crippen molar-refractivity contribution in [2.75, 3.05) is 6.61 Å². The van der Waals surface area contributed by atoms with E-state index >= 15 is 0 Å². The Kier molecular flexibility index (Phi) is 7.99. The van der Waals surface area contributed by atoms with Crippen LogP contribution in [0.25, 0.3) is 22.6 Å². The molecule has 4 aromatic rings. The minimum absolute atomic E-state index is 0.0479. The molecule has 0 unspecified atom stereocenters. The first kappa shape index (κ1) is 24.3. The predicted molar refractivity (Wildman–Crippen MR) is 138 cm³/mol. The second-order valence-electron chi connectivity index (χ2n) is 8.98. The van der Waals surface area contributed by atoms with Gasteiger partial charge in [-0.1, -0.05) is 68.4 Å². The molecule has 179 valence electrons. The van der Waals surface area contributed by atoms with Crippen molar-refractivity contribution in [2.24, 2.45) is 5.92 Å². The number of ether oxygens (including phenoxy) is 1. The van der Waals surface area contributed by atoms with Crippen molar-refractivity contribution in [3.05, 3.63) is 95.9 Å². The van der Waals surface area contributed by atoms with E-state index in [0.717, 1.165) is 28.1 Å². The van der Waals surface area contributed by atoms with Crippen molar-refractivity contribution in [3.63, 3.8) is 0 Å². The van der Waals surface area contributed by atoms with Crippen LogP contribution in [0.5, 0.6) is 5.75 Å². The van der Waals surface area contributed by atoms with Gasteiger partial charge in [-0.25, -0.2) is 4.98 Å². The summed E-state index contributed by atoms with van der Waals surface area (Å²) in [5, 5.41) is 2.93. The van der Waals surface area contributed by atoms with Gasteiger partial charge in [0.1, 0.15) is 11.5 Å². The number of hydrogen-bond acceptors (Lipinski definition) is 4. The summed E-state index contributed by atoms with van der Waals surface area (Å²) in [7, 11) is 0. The van der Waals surface area contributed by atoms with Crippen molar-refractivity contribution in [2.45, 2.75) is 40.2 Å². The summed E-state index contributed by atoms with van der Waals surface area (Å²) in [5.74, 6) is 2.44. The number of benzene rings is 3. The van der Waals surface area contributed by atoms with Gasteiger partial charge in [-0.3, -0.25) is 4.79 Å². The fraction of sp³-hybridized carbons (Fsp3) is 0.267. The van der Waals surface area contributed by atoms with Gasteiger partial charge in [0.15, 0.2) is 0 Å². The van der Waals surface area contributed by atoms with Crippen LogP contribution in [-0.4, -0.2) is 17.5 Å². The lowest BCUT2D eigenvalue weighted by Gasteiger charge is -2.09. The van der Waals surface area contributed by atoms with E-state index in [9.17, 15) is 4.79 Å². The molecule has 0 saturated carbocycles. The molecule has 0 saturated heterocycles. The number of hydrogen-bond donors (Lipinski definition) is 1. The number of amides is 1. The molecule has 1 heterocycles. The molecule has 4 rings (SSSR count). The van der Waals surface area contributed by atoms with E-state index in [4.69, 9.17) is 14.1 Å². The zero-order chi connectivity index (χ0) is 24.6. The molecular weight excluding hydrogens is 436 g/mol. The monoisotopic (exact) mass is 467 g/mol. The quantitative estimate of drug-likeness (QED) is 0.293. The van der Waals surface area contributed by atoms with Crippen molar-refractivity contribution < 1.29 is 13.9 Å². The van der Waals surface area contributed by atoms with E-state index < -0.39 is 0 Å². The third-order valence-corrected chi connectivity index (χ3v) is 5.63. The summed E-state index contributed by atoms with van der Waals surface area (Å²) in [4.78, 5) is 16.6. The van der Waals surface area contributed by atoms with Crippen molar-refractivity contribution in [1.29, 1.82) is 0 Å². The number of nitrogens with one attached hydrogen (secondary N) is 1. The van der Waals surface area contributed by atoms with Gasteiger partial charge in [0.2, 0.25) is 11.8 Å². The summed E-state index contributed by atoms with van der Waals surface area (Å²) in [6.07, 6.45) is 1.15. The molecule has 1 amide bonds. The van der Waals surface area contributed by atoms with Gasteiger partial charge < -0.3 is 14.5 Å². The molecule has 5 heteroatoms. The van der Waals surface area contributed by atoms with Gasteiger partial charge in [0.25, 0.3) is 0 Å². The van der Waals surface area contributed by atoms with E-state index in [-0.39, 0.29) is 5.91 Å². The molecule has 0 aliphatic heterocycles. The maximum absolute atomic E-state index is 11.9. The van der Waals surface area contributed by atoms with Crippen LogP contribution >= 0.6 is 0 Å². The Morgan fingerprint density at radius 2 is 1.69 bits per heavy atom. The SMILES string of the molecule is Cc1oc(-c2ccc(-c3ccccc3)cc2)nc1CCOc1[c]c(CNC(=O)CC(C)C)ccc1. The molecule has 35 heavy (non-hydrogen) atoms. The molecule has 0 fully saturated rings. The summed E-state index contributed by atoms with van der Waals surface area (Å²) in [6, 6.07) is 27.5. The van der Waals surface area contributed by atoms with Gasteiger partial charge in [0.05, 0.1) is 12.3 Å². The third-order valence-electron chi connectivity index (χ3n) is 5.63. The highest BCUT2D eigenvalue weighted by Crippen LogP contribution is 2.26. The van der Waals surface area contributed by atoms with Crippen LogP contribution in [0.2, 0.25) is 0 Å².